The molecule has 4 rings (SSSR count). The molecule has 0 amide bonds. The van der Waals surface area contributed by atoms with Crippen molar-refractivity contribution in [2.24, 2.45) is 0 Å². The van der Waals surface area contributed by atoms with Crippen molar-refractivity contribution in [1.29, 1.82) is 5.26 Å². The molecule has 0 spiro atoms. The molecule has 0 saturated carbocycles. The van der Waals surface area contributed by atoms with Crippen LogP contribution in [-0.2, 0) is 0 Å². The molecule has 1 aliphatic rings. The van der Waals surface area contributed by atoms with Gasteiger partial charge in [0.05, 0.1) is 11.6 Å². The standard InChI is InChI=1S/C22H21N5O3/c1-14-7-9-22(13-25-14,29-19-11-16(12-23)8-10-24-19)20(28)17-5-3-4-6-18(17)21-26-15(2)30-27-21/h3-6,8,10-11,14,25H,7,9,13H2,1-2H3/t14-,22-/m1/s1. The average Bonchev–Trinajstić information content (AvgIpc) is 3.21. The van der Waals surface area contributed by atoms with Crippen LogP contribution in [0.25, 0.3) is 11.4 Å². The van der Waals surface area contributed by atoms with E-state index in [2.05, 4.69) is 33.4 Å². The Balaban J connectivity index is 1.75. The van der Waals surface area contributed by atoms with Crippen molar-refractivity contribution in [3.63, 3.8) is 0 Å². The smallest absolute Gasteiger partial charge is 0.223 e. The van der Waals surface area contributed by atoms with Crippen LogP contribution in [0.15, 0.2) is 47.1 Å². The first kappa shape index (κ1) is 19.7. The first-order valence-electron chi connectivity index (χ1n) is 9.74. The van der Waals surface area contributed by atoms with Crippen molar-refractivity contribution >= 4 is 5.78 Å². The lowest BCUT2D eigenvalue weighted by atomic mass is 9.82. The Morgan fingerprint density at radius 1 is 1.37 bits per heavy atom. The van der Waals surface area contributed by atoms with Gasteiger partial charge in [-0.25, -0.2) is 4.98 Å². The molecule has 0 bridgehead atoms. The second-order valence-corrected chi connectivity index (χ2v) is 7.42. The lowest BCUT2D eigenvalue weighted by Crippen LogP contribution is -2.58. The lowest BCUT2D eigenvalue weighted by molar-refractivity contribution is 0.0265. The van der Waals surface area contributed by atoms with E-state index in [4.69, 9.17) is 9.26 Å². The summed E-state index contributed by atoms with van der Waals surface area (Å²) >= 11 is 0. The van der Waals surface area contributed by atoms with Gasteiger partial charge in [0.1, 0.15) is 0 Å². The number of ketones is 1. The number of benzene rings is 1. The maximum atomic E-state index is 13.8. The number of aromatic nitrogens is 3. The van der Waals surface area contributed by atoms with Gasteiger partial charge in [0.15, 0.2) is 5.60 Å². The van der Waals surface area contributed by atoms with Gasteiger partial charge in [0.2, 0.25) is 23.4 Å². The number of hydrogen-bond donors (Lipinski definition) is 1. The van der Waals surface area contributed by atoms with E-state index in [0.717, 1.165) is 6.42 Å². The molecule has 0 radical (unpaired) electrons. The first-order valence-corrected chi connectivity index (χ1v) is 9.74. The Kier molecular flexibility index (Phi) is 5.29. The van der Waals surface area contributed by atoms with E-state index in [1.165, 1.54) is 6.20 Å². The molecule has 2 aromatic heterocycles. The minimum absolute atomic E-state index is 0.191. The Morgan fingerprint density at radius 3 is 2.90 bits per heavy atom. The third-order valence-corrected chi connectivity index (χ3v) is 5.24. The monoisotopic (exact) mass is 403 g/mol. The number of rotatable bonds is 5. The van der Waals surface area contributed by atoms with Gasteiger partial charge in [0, 0.05) is 42.9 Å². The van der Waals surface area contributed by atoms with Crippen molar-refractivity contribution in [2.75, 3.05) is 6.54 Å². The van der Waals surface area contributed by atoms with Gasteiger partial charge >= 0.3 is 0 Å². The number of aryl methyl sites for hydroxylation is 1. The molecule has 3 aromatic rings. The Hall–Kier alpha value is -3.57. The van der Waals surface area contributed by atoms with Crippen LogP contribution in [0.3, 0.4) is 0 Å². The molecule has 1 fully saturated rings. The summed E-state index contributed by atoms with van der Waals surface area (Å²) in [5.41, 5.74) is 0.288. The number of nitrogens with one attached hydrogen (secondary N) is 1. The van der Waals surface area contributed by atoms with E-state index in [9.17, 15) is 10.1 Å². The molecule has 0 aliphatic carbocycles. The quantitative estimate of drug-likeness (QED) is 0.647. The second-order valence-electron chi connectivity index (χ2n) is 7.42. The number of nitrogens with zero attached hydrogens (tertiary/aromatic N) is 4. The van der Waals surface area contributed by atoms with Gasteiger partial charge < -0.3 is 14.6 Å². The number of piperidine rings is 1. The molecule has 8 heteroatoms. The van der Waals surface area contributed by atoms with Gasteiger partial charge in [-0.15, -0.1) is 0 Å². The predicted octanol–water partition coefficient (Wildman–Crippen LogP) is 3.08. The van der Waals surface area contributed by atoms with Crippen molar-refractivity contribution in [2.45, 2.75) is 38.3 Å². The van der Waals surface area contributed by atoms with Gasteiger partial charge in [-0.3, -0.25) is 4.79 Å². The predicted molar refractivity (Wildman–Crippen MR) is 108 cm³/mol. The van der Waals surface area contributed by atoms with Gasteiger partial charge in [-0.2, -0.15) is 10.2 Å². The maximum absolute atomic E-state index is 13.8. The van der Waals surface area contributed by atoms with Crippen LogP contribution in [-0.4, -0.2) is 39.1 Å². The van der Waals surface area contributed by atoms with Crippen LogP contribution in [0.5, 0.6) is 5.88 Å². The highest BCUT2D eigenvalue weighted by Gasteiger charge is 2.45. The number of carbonyl (C=O) groups excluding carboxylic acids is 1. The largest absolute Gasteiger partial charge is 0.461 e. The van der Waals surface area contributed by atoms with E-state index in [1.54, 1.807) is 37.3 Å². The molecule has 1 N–H and O–H groups in total. The summed E-state index contributed by atoms with van der Waals surface area (Å²) in [4.78, 5) is 22.3. The number of pyridine rings is 1. The molecular weight excluding hydrogens is 382 g/mol. The van der Waals surface area contributed by atoms with E-state index >= 15 is 0 Å². The zero-order valence-electron chi connectivity index (χ0n) is 16.8. The summed E-state index contributed by atoms with van der Waals surface area (Å²) in [7, 11) is 0. The van der Waals surface area contributed by atoms with Crippen LogP contribution in [0.4, 0.5) is 0 Å². The van der Waals surface area contributed by atoms with Crippen molar-refractivity contribution in [3.8, 4) is 23.3 Å². The third-order valence-electron chi connectivity index (χ3n) is 5.24. The van der Waals surface area contributed by atoms with Crippen LogP contribution in [0.1, 0.15) is 41.6 Å². The van der Waals surface area contributed by atoms with E-state index in [-0.39, 0.29) is 17.7 Å². The number of Topliss-reactive ketones (excluding diaryl/α,β-unsaturated/α-hetero) is 1. The van der Waals surface area contributed by atoms with E-state index in [0.29, 0.717) is 41.4 Å². The highest BCUT2D eigenvalue weighted by atomic mass is 16.5. The summed E-state index contributed by atoms with van der Waals surface area (Å²) in [6, 6.07) is 12.6. The van der Waals surface area contributed by atoms with Crippen LogP contribution in [0, 0.1) is 18.3 Å². The molecule has 3 heterocycles. The fraction of sp³-hybridized carbons (Fsp3) is 0.318. The number of carbonyl (C=O) groups is 1. The van der Waals surface area contributed by atoms with Gasteiger partial charge in [0.25, 0.3) is 0 Å². The zero-order chi connectivity index (χ0) is 21.1. The highest BCUT2D eigenvalue weighted by Crippen LogP contribution is 2.32. The molecule has 1 saturated heterocycles. The van der Waals surface area contributed by atoms with Crippen LogP contribution in [0.2, 0.25) is 0 Å². The van der Waals surface area contributed by atoms with Gasteiger partial charge in [-0.1, -0.05) is 29.4 Å². The minimum atomic E-state index is -1.16. The summed E-state index contributed by atoms with van der Waals surface area (Å²) in [6.07, 6.45) is 2.77. The minimum Gasteiger partial charge on any atom is -0.461 e. The summed E-state index contributed by atoms with van der Waals surface area (Å²) in [6.45, 7) is 4.09. The molecule has 1 aliphatic heterocycles. The normalized spacial score (nSPS) is 21.0. The maximum Gasteiger partial charge on any atom is 0.223 e. The molecule has 30 heavy (non-hydrogen) atoms. The third kappa shape index (κ3) is 3.80. The lowest BCUT2D eigenvalue weighted by Gasteiger charge is -2.38. The number of ether oxygens (including phenoxy) is 1. The van der Waals surface area contributed by atoms with E-state index in [1.807, 2.05) is 6.07 Å². The molecular formula is C22H21N5O3. The van der Waals surface area contributed by atoms with E-state index < -0.39 is 5.60 Å². The number of hydrogen-bond acceptors (Lipinski definition) is 8. The summed E-state index contributed by atoms with van der Waals surface area (Å²) in [5.74, 6) is 0.827. The average molecular weight is 403 g/mol. The summed E-state index contributed by atoms with van der Waals surface area (Å²) in [5, 5.41) is 16.5. The molecule has 8 nitrogen and oxygen atoms in total. The molecule has 1 aromatic carbocycles. The molecule has 152 valence electrons. The van der Waals surface area contributed by atoms with Gasteiger partial charge in [-0.05, 0) is 25.8 Å². The van der Waals surface area contributed by atoms with Crippen LogP contribution < -0.4 is 10.1 Å². The zero-order valence-corrected chi connectivity index (χ0v) is 16.8. The molecule has 0 unspecified atom stereocenters. The summed E-state index contributed by atoms with van der Waals surface area (Å²) < 4.78 is 11.3. The Labute approximate surface area is 173 Å². The fourth-order valence-electron chi connectivity index (χ4n) is 3.57. The fourth-order valence-corrected chi connectivity index (χ4v) is 3.57. The first-order chi connectivity index (χ1) is 14.5. The van der Waals surface area contributed by atoms with Crippen molar-refractivity contribution < 1.29 is 14.1 Å². The number of nitriles is 1. The second kappa shape index (κ2) is 8.05. The Morgan fingerprint density at radius 2 is 2.20 bits per heavy atom. The SMILES string of the molecule is Cc1nc(-c2ccccc2C(=O)[C@@]2(Oc3cc(C#N)ccn3)CC[C@@H](C)NC2)no1. The highest BCUT2D eigenvalue weighted by molar-refractivity contribution is 6.07. The molecule has 2 atom stereocenters. The van der Waals surface area contributed by atoms with Crippen molar-refractivity contribution in [1.82, 2.24) is 20.4 Å². The van der Waals surface area contributed by atoms with Crippen LogP contribution >= 0.6 is 0 Å². The topological polar surface area (TPSA) is 114 Å². The van der Waals surface area contributed by atoms with Crippen molar-refractivity contribution in [3.05, 3.63) is 59.6 Å². The Bertz CT molecular complexity index is 1110.